The first kappa shape index (κ1) is 9.83. The smallest absolute Gasteiger partial charge is 0.172 e. The van der Waals surface area contributed by atoms with Crippen LogP contribution in [0.15, 0.2) is 24.4 Å². The van der Waals surface area contributed by atoms with E-state index in [4.69, 9.17) is 0 Å². The molecule has 0 aromatic carbocycles. The molecule has 0 unspecified atom stereocenters. The first-order chi connectivity index (χ1) is 7.36. The fourth-order valence-electron chi connectivity index (χ4n) is 1.61. The second-order valence-corrected chi connectivity index (χ2v) is 3.43. The summed E-state index contributed by atoms with van der Waals surface area (Å²) < 4.78 is 1.88. The Balaban J connectivity index is 2.44. The minimum atomic E-state index is 0.922. The molecule has 0 amide bonds. The number of hydrogen-bond acceptors (Lipinski definition) is 3. The number of rotatable bonds is 4. The summed E-state index contributed by atoms with van der Waals surface area (Å²) in [4.78, 5) is 0. The molecule has 2 aromatic heterocycles. The van der Waals surface area contributed by atoms with Gasteiger partial charge in [0.2, 0.25) is 0 Å². The third-order valence-electron chi connectivity index (χ3n) is 2.33. The van der Waals surface area contributed by atoms with Gasteiger partial charge in [0.05, 0.1) is 5.52 Å². The predicted molar refractivity (Wildman–Crippen MR) is 63.5 cm³/mol. The van der Waals surface area contributed by atoms with Gasteiger partial charge < -0.3 is 10.6 Å². The Morgan fingerprint density at radius 3 is 3.00 bits per heavy atom. The Bertz CT molecular complexity index is 447. The molecule has 0 spiro atoms. The summed E-state index contributed by atoms with van der Waals surface area (Å²) in [6.45, 7) is 3.08. The second-order valence-electron chi connectivity index (χ2n) is 3.43. The fraction of sp³-hybridized carbons (Fsp3) is 0.364. The van der Waals surface area contributed by atoms with E-state index >= 15 is 0 Å². The van der Waals surface area contributed by atoms with Crippen LogP contribution in [-0.2, 0) is 0 Å². The molecule has 0 radical (unpaired) electrons. The van der Waals surface area contributed by atoms with Gasteiger partial charge in [0.25, 0.3) is 0 Å². The first-order valence-corrected chi connectivity index (χ1v) is 5.25. The van der Waals surface area contributed by atoms with Crippen molar-refractivity contribution in [3.63, 3.8) is 0 Å². The van der Waals surface area contributed by atoms with Crippen molar-refractivity contribution >= 4 is 17.0 Å². The van der Waals surface area contributed by atoms with Crippen LogP contribution in [0.3, 0.4) is 0 Å². The zero-order chi connectivity index (χ0) is 10.7. The van der Waals surface area contributed by atoms with Crippen molar-refractivity contribution < 1.29 is 0 Å². The normalized spacial score (nSPS) is 10.5. The molecule has 4 heteroatoms. The van der Waals surface area contributed by atoms with Crippen LogP contribution in [0.1, 0.15) is 13.3 Å². The number of anilines is 2. The quantitative estimate of drug-likeness (QED) is 0.802. The highest BCUT2D eigenvalue weighted by atomic mass is 15.3. The zero-order valence-electron chi connectivity index (χ0n) is 9.12. The average Bonchev–Trinajstić information content (AvgIpc) is 2.63. The van der Waals surface area contributed by atoms with Gasteiger partial charge in [-0.2, -0.15) is 0 Å². The third-order valence-corrected chi connectivity index (χ3v) is 2.33. The van der Waals surface area contributed by atoms with Gasteiger partial charge in [0, 0.05) is 19.8 Å². The van der Waals surface area contributed by atoms with E-state index in [1.54, 1.807) is 0 Å². The topological polar surface area (TPSA) is 41.4 Å². The molecule has 2 aromatic rings. The highest BCUT2D eigenvalue weighted by Crippen LogP contribution is 2.25. The summed E-state index contributed by atoms with van der Waals surface area (Å²) >= 11 is 0. The Kier molecular flexibility index (Phi) is 2.76. The van der Waals surface area contributed by atoms with Gasteiger partial charge in [-0.3, -0.25) is 0 Å². The summed E-state index contributed by atoms with van der Waals surface area (Å²) in [7, 11) is 1.92. The van der Waals surface area contributed by atoms with Crippen molar-refractivity contribution in [2.24, 2.45) is 0 Å². The van der Waals surface area contributed by atoms with E-state index in [0.29, 0.717) is 0 Å². The molecule has 4 nitrogen and oxygen atoms in total. The van der Waals surface area contributed by atoms with E-state index in [1.165, 1.54) is 0 Å². The maximum Gasteiger partial charge on any atom is 0.172 e. The molecule has 0 saturated heterocycles. The molecule has 0 saturated carbocycles. The summed E-state index contributed by atoms with van der Waals surface area (Å²) in [6.07, 6.45) is 3.05. The number of hydrogen-bond donors (Lipinski definition) is 2. The van der Waals surface area contributed by atoms with E-state index < -0.39 is 0 Å². The Morgan fingerprint density at radius 2 is 2.27 bits per heavy atom. The lowest BCUT2D eigenvalue weighted by Crippen LogP contribution is -2.02. The lowest BCUT2D eigenvalue weighted by atomic mass is 10.3. The van der Waals surface area contributed by atoms with Crippen LogP contribution >= 0.6 is 0 Å². The molecule has 0 atom stereocenters. The van der Waals surface area contributed by atoms with Gasteiger partial charge >= 0.3 is 0 Å². The molecule has 0 aliphatic carbocycles. The van der Waals surface area contributed by atoms with Gasteiger partial charge in [-0.25, -0.2) is 4.52 Å². The molecule has 80 valence electrons. The lowest BCUT2D eigenvalue weighted by Gasteiger charge is -2.03. The van der Waals surface area contributed by atoms with Crippen LogP contribution in [0.25, 0.3) is 5.52 Å². The second kappa shape index (κ2) is 4.21. The summed E-state index contributed by atoms with van der Waals surface area (Å²) in [5.41, 5.74) is 2.16. The molecule has 0 bridgehead atoms. The van der Waals surface area contributed by atoms with E-state index in [1.807, 2.05) is 29.9 Å². The molecular formula is C11H16N4. The largest absolute Gasteiger partial charge is 0.383 e. The Labute approximate surface area is 89.3 Å². The number of aromatic nitrogens is 2. The number of nitrogens with zero attached hydrogens (tertiary/aromatic N) is 2. The van der Waals surface area contributed by atoms with Crippen molar-refractivity contribution in [1.82, 2.24) is 9.61 Å². The molecule has 2 heterocycles. The van der Waals surface area contributed by atoms with Crippen molar-refractivity contribution in [2.45, 2.75) is 13.3 Å². The first-order valence-electron chi connectivity index (χ1n) is 5.25. The Morgan fingerprint density at radius 1 is 1.40 bits per heavy atom. The molecule has 0 aliphatic rings. The van der Waals surface area contributed by atoms with Gasteiger partial charge in [0.1, 0.15) is 5.69 Å². The Hall–Kier alpha value is -1.71. The maximum absolute atomic E-state index is 4.46. The van der Waals surface area contributed by atoms with Crippen LogP contribution in [0.4, 0.5) is 11.5 Å². The molecule has 0 aliphatic heterocycles. The average molecular weight is 204 g/mol. The number of fused-ring (bicyclic) bond motifs is 1. The van der Waals surface area contributed by atoms with E-state index in [9.17, 15) is 0 Å². The summed E-state index contributed by atoms with van der Waals surface area (Å²) in [5.74, 6) is 0.922. The summed E-state index contributed by atoms with van der Waals surface area (Å²) in [5, 5.41) is 11.0. The van der Waals surface area contributed by atoms with Crippen LogP contribution < -0.4 is 10.6 Å². The van der Waals surface area contributed by atoms with E-state index in [-0.39, 0.29) is 0 Å². The van der Waals surface area contributed by atoms with Crippen LogP contribution in [0, 0.1) is 0 Å². The van der Waals surface area contributed by atoms with E-state index in [2.05, 4.69) is 28.7 Å². The lowest BCUT2D eigenvalue weighted by molar-refractivity contribution is 0.927. The highest BCUT2D eigenvalue weighted by molar-refractivity contribution is 5.82. The van der Waals surface area contributed by atoms with Crippen LogP contribution in [0.5, 0.6) is 0 Å². The molecule has 2 rings (SSSR count). The number of pyridine rings is 1. The third kappa shape index (κ3) is 1.75. The van der Waals surface area contributed by atoms with Crippen molar-refractivity contribution in [2.75, 3.05) is 24.2 Å². The minimum absolute atomic E-state index is 0.922. The molecule has 15 heavy (non-hydrogen) atoms. The number of nitrogens with one attached hydrogen (secondary N) is 2. The van der Waals surface area contributed by atoms with Gasteiger partial charge in [-0.15, -0.1) is 5.10 Å². The zero-order valence-corrected chi connectivity index (χ0v) is 9.12. The van der Waals surface area contributed by atoms with E-state index in [0.717, 1.165) is 30.0 Å². The predicted octanol–water partition coefficient (Wildman–Crippen LogP) is 2.20. The molecule has 2 N–H and O–H groups in total. The molecular weight excluding hydrogens is 188 g/mol. The maximum atomic E-state index is 4.46. The monoisotopic (exact) mass is 204 g/mol. The SMILES string of the molecule is CCCNc1nn2ccccc2c1NC. The van der Waals surface area contributed by atoms with Crippen LogP contribution in [-0.4, -0.2) is 23.2 Å². The fourth-order valence-corrected chi connectivity index (χ4v) is 1.61. The van der Waals surface area contributed by atoms with Crippen molar-refractivity contribution in [3.8, 4) is 0 Å². The summed E-state index contributed by atoms with van der Waals surface area (Å²) in [6, 6.07) is 6.04. The van der Waals surface area contributed by atoms with Crippen molar-refractivity contribution in [3.05, 3.63) is 24.4 Å². The van der Waals surface area contributed by atoms with Gasteiger partial charge in [0.15, 0.2) is 5.82 Å². The van der Waals surface area contributed by atoms with Crippen molar-refractivity contribution in [1.29, 1.82) is 0 Å². The molecule has 0 fully saturated rings. The van der Waals surface area contributed by atoms with Crippen LogP contribution in [0.2, 0.25) is 0 Å². The van der Waals surface area contributed by atoms with Gasteiger partial charge in [-0.05, 0) is 18.6 Å². The standard InChI is InChI=1S/C11H16N4/c1-3-7-13-11-10(12-2)9-6-4-5-8-15(9)14-11/h4-6,8,12H,3,7H2,1-2H3,(H,13,14). The van der Waals surface area contributed by atoms with Gasteiger partial charge in [-0.1, -0.05) is 13.0 Å². The minimum Gasteiger partial charge on any atom is -0.383 e. The highest BCUT2D eigenvalue weighted by Gasteiger charge is 2.09.